The Balaban J connectivity index is 1.95. The van der Waals surface area contributed by atoms with Gasteiger partial charge in [0, 0.05) is 11.6 Å². The summed E-state index contributed by atoms with van der Waals surface area (Å²) >= 11 is 0. The third-order valence-corrected chi connectivity index (χ3v) is 3.58. The van der Waals surface area contributed by atoms with Gasteiger partial charge in [-0.15, -0.1) is 0 Å². The Morgan fingerprint density at radius 3 is 2.77 bits per heavy atom. The second-order valence-electron chi connectivity index (χ2n) is 6.66. The molecule has 0 spiro atoms. The standard InChI is InChI=1S/C17H22FNO3/c1-17(2,3)22-5-4-16(21)19-13-8-12-6-11(10-20)7-14(12)15(18)9-13/h8-11H,4-7H2,1-3H3,(H,19,21). The van der Waals surface area contributed by atoms with Gasteiger partial charge in [-0.1, -0.05) is 0 Å². The summed E-state index contributed by atoms with van der Waals surface area (Å²) in [5, 5.41) is 2.68. The summed E-state index contributed by atoms with van der Waals surface area (Å²) in [6.07, 6.45) is 2.05. The second kappa shape index (κ2) is 6.57. The minimum atomic E-state index is -0.358. The van der Waals surface area contributed by atoms with Crippen molar-refractivity contribution in [2.45, 2.75) is 45.6 Å². The van der Waals surface area contributed by atoms with Crippen LogP contribution in [0, 0.1) is 11.7 Å². The molecule has 0 bridgehead atoms. The van der Waals surface area contributed by atoms with E-state index in [1.54, 1.807) is 6.07 Å². The fourth-order valence-electron chi connectivity index (χ4n) is 2.56. The maximum Gasteiger partial charge on any atom is 0.226 e. The summed E-state index contributed by atoms with van der Waals surface area (Å²) < 4.78 is 19.5. The molecule has 0 saturated heterocycles. The molecule has 1 aliphatic rings. The molecule has 2 rings (SSSR count). The van der Waals surface area contributed by atoms with E-state index in [1.807, 2.05) is 20.8 Å². The lowest BCUT2D eigenvalue weighted by molar-refractivity contribution is -0.118. The van der Waals surface area contributed by atoms with Crippen LogP contribution in [-0.2, 0) is 27.2 Å². The Morgan fingerprint density at radius 2 is 2.14 bits per heavy atom. The number of halogens is 1. The van der Waals surface area contributed by atoms with Crippen LogP contribution in [0.4, 0.5) is 10.1 Å². The zero-order valence-electron chi connectivity index (χ0n) is 13.2. The number of aldehydes is 1. The predicted octanol–water partition coefficient (Wildman–Crippen LogP) is 2.88. The van der Waals surface area contributed by atoms with Crippen molar-refractivity contribution in [1.82, 2.24) is 0 Å². The number of carbonyl (C=O) groups is 2. The van der Waals surface area contributed by atoms with Crippen LogP contribution in [0.5, 0.6) is 0 Å². The van der Waals surface area contributed by atoms with Gasteiger partial charge in [-0.05, 0) is 56.9 Å². The van der Waals surface area contributed by atoms with Gasteiger partial charge in [0.2, 0.25) is 5.91 Å². The van der Waals surface area contributed by atoms with Crippen LogP contribution in [0.1, 0.15) is 38.3 Å². The SMILES string of the molecule is CC(C)(C)OCCC(=O)Nc1cc(F)c2c(c1)CC(C=O)C2. The predicted molar refractivity (Wildman–Crippen MR) is 82.3 cm³/mol. The molecule has 5 heteroatoms. The molecule has 0 aromatic heterocycles. The molecule has 1 unspecified atom stereocenters. The van der Waals surface area contributed by atoms with Gasteiger partial charge in [-0.25, -0.2) is 4.39 Å². The van der Waals surface area contributed by atoms with Crippen molar-refractivity contribution < 1.29 is 18.7 Å². The van der Waals surface area contributed by atoms with Crippen LogP contribution in [-0.4, -0.2) is 24.4 Å². The number of anilines is 1. The van der Waals surface area contributed by atoms with Crippen molar-refractivity contribution in [3.63, 3.8) is 0 Å². The van der Waals surface area contributed by atoms with Gasteiger partial charge in [-0.3, -0.25) is 4.79 Å². The van der Waals surface area contributed by atoms with Gasteiger partial charge in [0.05, 0.1) is 18.6 Å². The summed E-state index contributed by atoms with van der Waals surface area (Å²) in [7, 11) is 0. The number of hydrogen-bond acceptors (Lipinski definition) is 3. The van der Waals surface area contributed by atoms with E-state index >= 15 is 0 Å². The fourth-order valence-corrected chi connectivity index (χ4v) is 2.56. The number of fused-ring (bicyclic) bond motifs is 1. The molecule has 120 valence electrons. The van der Waals surface area contributed by atoms with Gasteiger partial charge >= 0.3 is 0 Å². The van der Waals surface area contributed by atoms with Crippen LogP contribution in [0.25, 0.3) is 0 Å². The van der Waals surface area contributed by atoms with Gasteiger partial charge in [0.15, 0.2) is 0 Å². The van der Waals surface area contributed by atoms with Crippen LogP contribution in [0.2, 0.25) is 0 Å². The largest absolute Gasteiger partial charge is 0.375 e. The van der Waals surface area contributed by atoms with Gasteiger partial charge in [-0.2, -0.15) is 0 Å². The molecule has 1 aromatic rings. The van der Waals surface area contributed by atoms with Crippen molar-refractivity contribution in [2.75, 3.05) is 11.9 Å². The van der Waals surface area contributed by atoms with Crippen molar-refractivity contribution in [3.8, 4) is 0 Å². The topological polar surface area (TPSA) is 55.4 Å². The number of ether oxygens (including phenoxy) is 1. The van der Waals surface area contributed by atoms with Crippen LogP contribution < -0.4 is 5.32 Å². The summed E-state index contributed by atoms with van der Waals surface area (Å²) in [6, 6.07) is 3.07. The number of nitrogens with one attached hydrogen (secondary N) is 1. The first kappa shape index (κ1) is 16.6. The van der Waals surface area contributed by atoms with E-state index in [9.17, 15) is 14.0 Å². The van der Waals surface area contributed by atoms with E-state index in [-0.39, 0.29) is 29.7 Å². The molecule has 1 aromatic carbocycles. The normalized spacial score (nSPS) is 17.2. The van der Waals surface area contributed by atoms with Crippen LogP contribution in [0.15, 0.2) is 12.1 Å². The molecular weight excluding hydrogens is 285 g/mol. The Bertz CT molecular complexity index is 578. The average molecular weight is 307 g/mol. The maximum absolute atomic E-state index is 14.0. The molecular formula is C17H22FNO3. The molecule has 0 fully saturated rings. The Morgan fingerprint density at radius 1 is 1.41 bits per heavy atom. The summed E-state index contributed by atoms with van der Waals surface area (Å²) in [6.45, 7) is 6.08. The van der Waals surface area contributed by atoms with E-state index in [1.165, 1.54) is 6.07 Å². The smallest absolute Gasteiger partial charge is 0.226 e. The number of rotatable bonds is 5. The van der Waals surface area contributed by atoms with Crippen LogP contribution in [0.3, 0.4) is 0 Å². The third kappa shape index (κ3) is 4.37. The zero-order valence-corrected chi connectivity index (χ0v) is 13.2. The highest BCUT2D eigenvalue weighted by atomic mass is 19.1. The van der Waals surface area contributed by atoms with E-state index in [0.29, 0.717) is 30.7 Å². The zero-order chi connectivity index (χ0) is 16.3. The number of carbonyl (C=O) groups excluding carboxylic acids is 2. The van der Waals surface area contributed by atoms with Crippen molar-refractivity contribution in [2.24, 2.45) is 5.92 Å². The Kier molecular flexibility index (Phi) is 4.96. The maximum atomic E-state index is 14.0. The van der Waals surface area contributed by atoms with Gasteiger partial charge < -0.3 is 14.8 Å². The lowest BCUT2D eigenvalue weighted by Gasteiger charge is -2.19. The average Bonchev–Trinajstić information content (AvgIpc) is 2.80. The van der Waals surface area contributed by atoms with Crippen molar-refractivity contribution in [1.29, 1.82) is 0 Å². The lowest BCUT2D eigenvalue weighted by Crippen LogP contribution is -2.22. The van der Waals surface area contributed by atoms with E-state index in [4.69, 9.17) is 4.74 Å². The Hall–Kier alpha value is -1.75. The summed E-state index contributed by atoms with van der Waals surface area (Å²) in [5.41, 5.74) is 1.54. The Labute approximate surface area is 130 Å². The minimum absolute atomic E-state index is 0.157. The summed E-state index contributed by atoms with van der Waals surface area (Å²) in [5.74, 6) is -0.729. The quantitative estimate of drug-likeness (QED) is 0.851. The molecule has 1 N–H and O–H groups in total. The van der Waals surface area contributed by atoms with Gasteiger partial charge in [0.25, 0.3) is 0 Å². The molecule has 0 saturated carbocycles. The molecule has 1 amide bonds. The van der Waals surface area contributed by atoms with Gasteiger partial charge in [0.1, 0.15) is 12.1 Å². The lowest BCUT2D eigenvalue weighted by atomic mass is 10.1. The van der Waals surface area contributed by atoms with E-state index in [0.717, 1.165) is 11.8 Å². The number of benzene rings is 1. The van der Waals surface area contributed by atoms with E-state index in [2.05, 4.69) is 5.32 Å². The molecule has 1 aliphatic carbocycles. The fraction of sp³-hybridized carbons (Fsp3) is 0.529. The monoisotopic (exact) mass is 307 g/mol. The number of hydrogen-bond donors (Lipinski definition) is 1. The number of amides is 1. The molecule has 1 atom stereocenters. The first-order valence-corrected chi connectivity index (χ1v) is 7.49. The highest BCUT2D eigenvalue weighted by Gasteiger charge is 2.24. The van der Waals surface area contributed by atoms with Crippen molar-refractivity contribution in [3.05, 3.63) is 29.1 Å². The van der Waals surface area contributed by atoms with E-state index < -0.39 is 0 Å². The highest BCUT2D eigenvalue weighted by molar-refractivity contribution is 5.91. The van der Waals surface area contributed by atoms with Crippen LogP contribution >= 0.6 is 0 Å². The molecule has 0 aliphatic heterocycles. The highest BCUT2D eigenvalue weighted by Crippen LogP contribution is 2.30. The molecule has 22 heavy (non-hydrogen) atoms. The molecule has 4 nitrogen and oxygen atoms in total. The molecule has 0 radical (unpaired) electrons. The van der Waals surface area contributed by atoms with Crippen molar-refractivity contribution >= 4 is 17.9 Å². The first-order valence-electron chi connectivity index (χ1n) is 7.49. The first-order chi connectivity index (χ1) is 10.3. The third-order valence-electron chi connectivity index (χ3n) is 3.58. The minimum Gasteiger partial charge on any atom is -0.375 e. The second-order valence-corrected chi connectivity index (χ2v) is 6.66. The summed E-state index contributed by atoms with van der Waals surface area (Å²) in [4.78, 5) is 22.7. The molecule has 0 heterocycles.